The van der Waals surface area contributed by atoms with Crippen molar-refractivity contribution in [1.82, 2.24) is 23.8 Å². The minimum atomic E-state index is -3.58. The van der Waals surface area contributed by atoms with Crippen LogP contribution < -0.4 is 4.74 Å². The Bertz CT molecular complexity index is 797. The van der Waals surface area contributed by atoms with Gasteiger partial charge in [0.05, 0.1) is 12.9 Å². The van der Waals surface area contributed by atoms with Crippen molar-refractivity contribution in [1.29, 1.82) is 0 Å². The molecular weight excluding hydrogens is 318 g/mol. The van der Waals surface area contributed by atoms with Crippen LogP contribution in [-0.2, 0) is 17.1 Å². The van der Waals surface area contributed by atoms with Crippen LogP contribution in [0.1, 0.15) is 17.8 Å². The summed E-state index contributed by atoms with van der Waals surface area (Å²) in [7, 11) is -1.84. The summed E-state index contributed by atoms with van der Waals surface area (Å²) in [5, 5.41) is 0.0586. The van der Waals surface area contributed by atoms with E-state index in [1.54, 1.807) is 11.6 Å². The zero-order valence-corrected chi connectivity index (χ0v) is 14.1. The predicted octanol–water partition coefficient (Wildman–Crippen LogP) is 0.669. The number of aryl methyl sites for hydroxylation is 3. The van der Waals surface area contributed by atoms with Gasteiger partial charge in [-0.2, -0.15) is 4.31 Å². The van der Waals surface area contributed by atoms with Crippen LogP contribution in [0.5, 0.6) is 6.01 Å². The summed E-state index contributed by atoms with van der Waals surface area (Å²) < 4.78 is 33.8. The molecule has 3 heterocycles. The maximum atomic E-state index is 12.5. The highest BCUT2D eigenvalue weighted by molar-refractivity contribution is 7.89. The topological polar surface area (TPSA) is 90.2 Å². The second-order valence-corrected chi connectivity index (χ2v) is 7.59. The molecule has 0 bridgehead atoms. The Morgan fingerprint density at radius 1 is 1.26 bits per heavy atom. The van der Waals surface area contributed by atoms with Gasteiger partial charge in [-0.25, -0.2) is 23.4 Å². The molecule has 1 aliphatic rings. The van der Waals surface area contributed by atoms with Gasteiger partial charge in [-0.05, 0) is 26.3 Å². The van der Waals surface area contributed by atoms with Crippen LogP contribution in [0.25, 0.3) is 0 Å². The minimum absolute atomic E-state index is 0.0586. The standard InChI is InChI=1S/C14H19N5O3S/c1-10-6-11(2)17-14(16-10)22-12-4-5-19(7-12)23(20,21)13-8-18(3)9-15-13/h6,8-9,12H,4-5,7H2,1-3H3. The van der Waals surface area contributed by atoms with E-state index in [0.717, 1.165) is 11.4 Å². The summed E-state index contributed by atoms with van der Waals surface area (Å²) in [6, 6.07) is 2.16. The number of sulfonamides is 1. The van der Waals surface area contributed by atoms with Crippen molar-refractivity contribution in [3.8, 4) is 6.01 Å². The van der Waals surface area contributed by atoms with Crippen LogP contribution in [-0.4, -0.2) is 51.4 Å². The molecule has 9 heteroatoms. The van der Waals surface area contributed by atoms with Crippen LogP contribution in [0.3, 0.4) is 0 Å². The Hall–Kier alpha value is -2.00. The smallest absolute Gasteiger partial charge is 0.317 e. The van der Waals surface area contributed by atoms with Gasteiger partial charge in [0.2, 0.25) is 0 Å². The van der Waals surface area contributed by atoms with E-state index in [-0.39, 0.29) is 17.7 Å². The van der Waals surface area contributed by atoms with E-state index in [9.17, 15) is 8.42 Å². The molecule has 1 fully saturated rings. The monoisotopic (exact) mass is 337 g/mol. The molecule has 0 aliphatic carbocycles. The summed E-state index contributed by atoms with van der Waals surface area (Å²) in [6.07, 6.45) is 3.31. The quantitative estimate of drug-likeness (QED) is 0.814. The van der Waals surface area contributed by atoms with Gasteiger partial charge in [0.25, 0.3) is 10.0 Å². The molecule has 0 amide bonds. The fourth-order valence-electron chi connectivity index (χ4n) is 2.56. The molecule has 8 nitrogen and oxygen atoms in total. The molecule has 124 valence electrons. The van der Waals surface area contributed by atoms with Crippen molar-refractivity contribution in [3.63, 3.8) is 0 Å². The van der Waals surface area contributed by atoms with Gasteiger partial charge < -0.3 is 9.30 Å². The minimum Gasteiger partial charge on any atom is -0.459 e. The van der Waals surface area contributed by atoms with Gasteiger partial charge in [0.1, 0.15) is 6.10 Å². The average molecular weight is 337 g/mol. The molecule has 0 spiro atoms. The summed E-state index contributed by atoms with van der Waals surface area (Å²) >= 11 is 0. The SMILES string of the molecule is Cc1cc(C)nc(OC2CCN(S(=O)(=O)c3cn(C)cn3)C2)n1. The zero-order valence-electron chi connectivity index (χ0n) is 13.3. The van der Waals surface area contributed by atoms with E-state index in [1.807, 2.05) is 19.9 Å². The lowest BCUT2D eigenvalue weighted by Crippen LogP contribution is -2.31. The summed E-state index contributed by atoms with van der Waals surface area (Å²) in [5.74, 6) is 0. The molecular formula is C14H19N5O3S. The Morgan fingerprint density at radius 2 is 1.96 bits per heavy atom. The van der Waals surface area contributed by atoms with Crippen LogP contribution in [0.4, 0.5) is 0 Å². The largest absolute Gasteiger partial charge is 0.459 e. The molecule has 3 rings (SSSR count). The predicted molar refractivity (Wildman–Crippen MR) is 82.5 cm³/mol. The zero-order chi connectivity index (χ0) is 16.6. The number of hydrogen-bond acceptors (Lipinski definition) is 6. The van der Waals surface area contributed by atoms with Gasteiger partial charge >= 0.3 is 6.01 Å². The highest BCUT2D eigenvalue weighted by Gasteiger charge is 2.35. The van der Waals surface area contributed by atoms with Crippen molar-refractivity contribution >= 4 is 10.0 Å². The average Bonchev–Trinajstić information content (AvgIpc) is 3.07. The Kier molecular flexibility index (Phi) is 4.07. The lowest BCUT2D eigenvalue weighted by atomic mass is 10.3. The number of rotatable bonds is 4. The van der Waals surface area contributed by atoms with Crippen LogP contribution in [0, 0.1) is 13.8 Å². The van der Waals surface area contributed by atoms with Gasteiger partial charge in [0.15, 0.2) is 5.03 Å². The van der Waals surface area contributed by atoms with E-state index >= 15 is 0 Å². The van der Waals surface area contributed by atoms with Gasteiger partial charge in [0, 0.05) is 31.2 Å². The molecule has 2 aromatic heterocycles. The molecule has 1 atom stereocenters. The summed E-state index contributed by atoms with van der Waals surface area (Å²) in [6.45, 7) is 4.41. The molecule has 0 N–H and O–H groups in total. The van der Waals surface area contributed by atoms with Crippen LogP contribution in [0.15, 0.2) is 23.6 Å². The van der Waals surface area contributed by atoms with Crippen molar-refractivity contribution < 1.29 is 13.2 Å². The molecule has 1 unspecified atom stereocenters. The molecule has 1 saturated heterocycles. The molecule has 0 aromatic carbocycles. The van der Waals surface area contributed by atoms with Crippen molar-refractivity contribution in [2.24, 2.45) is 7.05 Å². The van der Waals surface area contributed by atoms with Crippen molar-refractivity contribution in [2.75, 3.05) is 13.1 Å². The fraction of sp³-hybridized carbons (Fsp3) is 0.500. The first-order chi connectivity index (χ1) is 10.8. The number of hydrogen-bond donors (Lipinski definition) is 0. The molecule has 23 heavy (non-hydrogen) atoms. The third kappa shape index (κ3) is 3.35. The lowest BCUT2D eigenvalue weighted by molar-refractivity contribution is 0.197. The Morgan fingerprint density at radius 3 is 2.57 bits per heavy atom. The second kappa shape index (κ2) is 5.89. The molecule has 0 saturated carbocycles. The van der Waals surface area contributed by atoms with E-state index in [2.05, 4.69) is 15.0 Å². The first-order valence-electron chi connectivity index (χ1n) is 7.31. The second-order valence-electron chi connectivity index (χ2n) is 5.70. The molecule has 0 radical (unpaired) electrons. The third-order valence-electron chi connectivity index (χ3n) is 3.63. The first-order valence-corrected chi connectivity index (χ1v) is 8.75. The molecule has 2 aromatic rings. The Labute approximate surface area is 135 Å². The van der Waals surface area contributed by atoms with Gasteiger partial charge in [-0.15, -0.1) is 0 Å². The highest BCUT2D eigenvalue weighted by atomic mass is 32.2. The number of imidazole rings is 1. The van der Waals surface area contributed by atoms with Gasteiger partial charge in [-0.3, -0.25) is 0 Å². The first kappa shape index (κ1) is 15.9. The van der Waals surface area contributed by atoms with E-state index in [4.69, 9.17) is 4.74 Å². The van der Waals surface area contributed by atoms with Crippen LogP contribution >= 0.6 is 0 Å². The van der Waals surface area contributed by atoms with Crippen LogP contribution in [0.2, 0.25) is 0 Å². The van der Waals surface area contributed by atoms with Gasteiger partial charge in [-0.1, -0.05) is 0 Å². The summed E-state index contributed by atoms with van der Waals surface area (Å²) in [4.78, 5) is 12.4. The van der Waals surface area contributed by atoms with E-state index in [1.165, 1.54) is 16.8 Å². The maximum absolute atomic E-state index is 12.5. The number of ether oxygens (including phenoxy) is 1. The normalized spacial score (nSPS) is 19.2. The fourth-order valence-corrected chi connectivity index (χ4v) is 4.01. The Balaban J connectivity index is 1.71. The van der Waals surface area contributed by atoms with Crippen molar-refractivity contribution in [3.05, 3.63) is 30.0 Å². The lowest BCUT2D eigenvalue weighted by Gasteiger charge is -2.15. The number of aromatic nitrogens is 4. The maximum Gasteiger partial charge on any atom is 0.317 e. The highest BCUT2D eigenvalue weighted by Crippen LogP contribution is 2.22. The van der Waals surface area contributed by atoms with Crippen molar-refractivity contribution in [2.45, 2.75) is 31.4 Å². The molecule has 1 aliphatic heterocycles. The summed E-state index contributed by atoms with van der Waals surface area (Å²) in [5.41, 5.74) is 1.65. The number of nitrogens with zero attached hydrogens (tertiary/aromatic N) is 5. The third-order valence-corrected chi connectivity index (χ3v) is 5.38. The van der Waals surface area contributed by atoms with E-state index in [0.29, 0.717) is 19.0 Å². The van der Waals surface area contributed by atoms with E-state index < -0.39 is 10.0 Å².